The average molecular weight is 308 g/mol. The first kappa shape index (κ1) is 8.53. The number of hydrogen-bond acceptors (Lipinski definition) is 2. The maximum absolute atomic E-state index is 9.61. The number of thiophene rings is 1. The van der Waals surface area contributed by atoms with Crippen LogP contribution in [0.1, 0.15) is 0 Å². The van der Waals surface area contributed by atoms with Gasteiger partial charge in [-0.25, -0.2) is 0 Å². The minimum Gasteiger partial charge on any atom is -0.505 e. The van der Waals surface area contributed by atoms with Crippen LogP contribution >= 0.6 is 43.2 Å². The van der Waals surface area contributed by atoms with E-state index in [4.69, 9.17) is 0 Å². The predicted octanol–water partition coefficient (Wildman–Crippen LogP) is 4.13. The van der Waals surface area contributed by atoms with E-state index in [0.29, 0.717) is 5.75 Å². The normalized spacial score (nSPS) is 10.8. The fraction of sp³-hybridized carbons (Fsp3) is 0. The lowest BCUT2D eigenvalue weighted by molar-refractivity contribution is 0.479. The van der Waals surface area contributed by atoms with Gasteiger partial charge in [0.1, 0.15) is 5.75 Å². The molecular formula is C8H4Br2OS. The molecule has 0 aliphatic carbocycles. The third-order valence-corrected chi connectivity index (χ3v) is 3.88. The number of rotatable bonds is 0. The molecule has 2 aromatic rings. The quantitative estimate of drug-likeness (QED) is 0.776. The summed E-state index contributed by atoms with van der Waals surface area (Å²) < 4.78 is 2.69. The molecule has 0 fully saturated rings. The van der Waals surface area contributed by atoms with Crippen molar-refractivity contribution in [2.45, 2.75) is 0 Å². The van der Waals surface area contributed by atoms with Gasteiger partial charge in [-0.15, -0.1) is 11.3 Å². The zero-order valence-electron chi connectivity index (χ0n) is 5.84. The first-order valence-corrected chi connectivity index (χ1v) is 5.65. The Hall–Kier alpha value is -0.0600. The third-order valence-electron chi connectivity index (χ3n) is 1.58. The molecule has 0 saturated heterocycles. The average Bonchev–Trinajstić information content (AvgIpc) is 2.39. The highest BCUT2D eigenvalue weighted by Crippen LogP contribution is 2.39. The molecule has 0 spiro atoms. The molecule has 1 aromatic heterocycles. The van der Waals surface area contributed by atoms with Crippen LogP contribution in [0.5, 0.6) is 5.75 Å². The van der Waals surface area contributed by atoms with Crippen LogP contribution in [0, 0.1) is 0 Å². The Bertz CT molecular complexity index is 436. The van der Waals surface area contributed by atoms with E-state index >= 15 is 0 Å². The van der Waals surface area contributed by atoms with E-state index in [-0.39, 0.29) is 0 Å². The van der Waals surface area contributed by atoms with Gasteiger partial charge in [0.25, 0.3) is 0 Å². The molecule has 1 nitrogen and oxygen atoms in total. The van der Waals surface area contributed by atoms with Crippen molar-refractivity contribution < 1.29 is 5.11 Å². The summed E-state index contributed by atoms with van der Waals surface area (Å²) in [5.41, 5.74) is 0. The number of hydrogen-bond donors (Lipinski definition) is 1. The first-order valence-electron chi connectivity index (χ1n) is 3.25. The lowest BCUT2D eigenvalue weighted by Crippen LogP contribution is -1.67. The van der Waals surface area contributed by atoms with E-state index in [1.807, 2.05) is 18.2 Å². The number of aromatic hydroxyl groups is 1. The Morgan fingerprint density at radius 2 is 2.00 bits per heavy atom. The van der Waals surface area contributed by atoms with Crippen LogP contribution in [0.2, 0.25) is 0 Å². The van der Waals surface area contributed by atoms with E-state index in [1.54, 1.807) is 0 Å². The van der Waals surface area contributed by atoms with Gasteiger partial charge in [0.2, 0.25) is 0 Å². The maximum Gasteiger partial charge on any atom is 0.147 e. The van der Waals surface area contributed by atoms with Crippen LogP contribution in [-0.2, 0) is 0 Å². The van der Waals surface area contributed by atoms with Gasteiger partial charge in [-0.3, -0.25) is 0 Å². The van der Waals surface area contributed by atoms with E-state index in [2.05, 4.69) is 31.9 Å². The van der Waals surface area contributed by atoms with Gasteiger partial charge in [0.05, 0.1) is 13.0 Å². The van der Waals surface area contributed by atoms with Crippen molar-refractivity contribution in [1.29, 1.82) is 0 Å². The van der Waals surface area contributed by atoms with E-state index in [9.17, 15) is 5.11 Å². The molecule has 1 N–H and O–H groups in total. The Labute approximate surface area is 90.3 Å². The minimum absolute atomic E-state index is 0.322. The molecule has 0 aliphatic rings. The molecule has 0 radical (unpaired) electrons. The van der Waals surface area contributed by atoms with Crippen molar-refractivity contribution >= 4 is 53.3 Å². The highest BCUT2D eigenvalue weighted by molar-refractivity contribution is 9.11. The van der Waals surface area contributed by atoms with Crippen LogP contribution in [0.25, 0.3) is 10.1 Å². The summed E-state index contributed by atoms with van der Waals surface area (Å²) in [6, 6.07) is 5.81. The molecule has 62 valence electrons. The summed E-state index contributed by atoms with van der Waals surface area (Å²) in [6.07, 6.45) is 0. The molecule has 12 heavy (non-hydrogen) atoms. The van der Waals surface area contributed by atoms with Gasteiger partial charge in [-0.2, -0.15) is 0 Å². The lowest BCUT2D eigenvalue weighted by atomic mass is 10.2. The summed E-state index contributed by atoms with van der Waals surface area (Å²) in [7, 11) is 0. The summed E-state index contributed by atoms with van der Waals surface area (Å²) in [5.74, 6) is 0.322. The molecule has 0 unspecified atom stereocenters. The molecule has 1 heterocycles. The molecule has 1 aromatic carbocycles. The zero-order chi connectivity index (χ0) is 8.72. The monoisotopic (exact) mass is 306 g/mol. The van der Waals surface area contributed by atoms with Gasteiger partial charge in [0.15, 0.2) is 0 Å². The minimum atomic E-state index is 0.322. The number of halogens is 2. The second-order valence-corrected chi connectivity index (χ2v) is 5.65. The molecule has 4 heteroatoms. The van der Waals surface area contributed by atoms with Crippen molar-refractivity contribution in [3.63, 3.8) is 0 Å². The van der Waals surface area contributed by atoms with Gasteiger partial charge in [0, 0.05) is 0 Å². The number of phenols is 1. The summed E-state index contributed by atoms with van der Waals surface area (Å²) >= 11 is 8.17. The highest BCUT2D eigenvalue weighted by Gasteiger charge is 2.06. The molecule has 0 amide bonds. The van der Waals surface area contributed by atoms with Gasteiger partial charge in [-0.1, -0.05) is 6.07 Å². The molecular weight excluding hydrogens is 304 g/mol. The van der Waals surface area contributed by atoms with Gasteiger partial charge < -0.3 is 5.11 Å². The topological polar surface area (TPSA) is 20.2 Å². The van der Waals surface area contributed by atoms with E-state index in [1.165, 1.54) is 11.3 Å². The molecule has 0 atom stereocenters. The molecule has 0 saturated carbocycles. The first-order chi connectivity index (χ1) is 5.68. The van der Waals surface area contributed by atoms with Crippen molar-refractivity contribution in [2.24, 2.45) is 0 Å². The number of benzene rings is 1. The van der Waals surface area contributed by atoms with Crippen LogP contribution in [-0.4, -0.2) is 5.11 Å². The van der Waals surface area contributed by atoms with E-state index < -0.39 is 0 Å². The number of phenolic OH excluding ortho intramolecular Hbond substituents is 1. The summed E-state index contributed by atoms with van der Waals surface area (Å²) in [4.78, 5) is 0. The smallest absolute Gasteiger partial charge is 0.147 e. The third kappa shape index (κ3) is 1.28. The number of fused-ring (bicyclic) bond motifs is 1. The second-order valence-electron chi connectivity index (χ2n) is 2.36. The van der Waals surface area contributed by atoms with E-state index in [0.717, 1.165) is 18.3 Å². The Morgan fingerprint density at radius 1 is 1.25 bits per heavy atom. The van der Waals surface area contributed by atoms with Crippen LogP contribution in [0.15, 0.2) is 26.5 Å². The van der Waals surface area contributed by atoms with Crippen LogP contribution in [0.3, 0.4) is 0 Å². The fourth-order valence-corrected chi connectivity index (χ4v) is 3.06. The second kappa shape index (κ2) is 3.01. The van der Waals surface area contributed by atoms with Crippen LogP contribution < -0.4 is 0 Å². The van der Waals surface area contributed by atoms with Crippen molar-refractivity contribution in [2.75, 3.05) is 0 Å². The SMILES string of the molecule is Oc1c(Br)ccc2cc(Br)sc12. The lowest BCUT2D eigenvalue weighted by Gasteiger charge is -1.96. The van der Waals surface area contributed by atoms with Gasteiger partial charge in [-0.05, 0) is 49.4 Å². The molecule has 2 rings (SSSR count). The van der Waals surface area contributed by atoms with Crippen LogP contribution in [0.4, 0.5) is 0 Å². The summed E-state index contributed by atoms with van der Waals surface area (Å²) in [6.45, 7) is 0. The maximum atomic E-state index is 9.61. The molecule has 0 aliphatic heterocycles. The van der Waals surface area contributed by atoms with Crippen molar-refractivity contribution in [3.8, 4) is 5.75 Å². The summed E-state index contributed by atoms with van der Waals surface area (Å²) in [5, 5.41) is 10.7. The zero-order valence-corrected chi connectivity index (χ0v) is 9.83. The standard InChI is InChI=1S/C8H4Br2OS/c9-5-2-1-4-3-6(10)12-8(4)7(5)11/h1-3,11H. The largest absolute Gasteiger partial charge is 0.505 e. The predicted molar refractivity (Wildman–Crippen MR) is 58.9 cm³/mol. The van der Waals surface area contributed by atoms with Crippen molar-refractivity contribution in [3.05, 3.63) is 26.5 Å². The van der Waals surface area contributed by atoms with Crippen molar-refractivity contribution in [1.82, 2.24) is 0 Å². The Balaban J connectivity index is 2.89. The Kier molecular flexibility index (Phi) is 2.14. The fourth-order valence-electron chi connectivity index (χ4n) is 1.03. The highest BCUT2D eigenvalue weighted by atomic mass is 79.9. The molecule has 0 bridgehead atoms. The van der Waals surface area contributed by atoms with Gasteiger partial charge >= 0.3 is 0 Å². The Morgan fingerprint density at radius 3 is 2.75 bits per heavy atom.